The standard InChI is InChI=1S/C7H6F2N2O7S3/c8-20(15,16)10-7(11-21(9,17)18)5-2-1-3-6(4-5)19(12,13)14/h1-4H,(H,10,11)(H,12,13,14). The van der Waals surface area contributed by atoms with Crippen LogP contribution in [-0.4, -0.2) is 35.6 Å². The van der Waals surface area contributed by atoms with Crippen LogP contribution < -0.4 is 4.72 Å². The van der Waals surface area contributed by atoms with Gasteiger partial charge in [-0.15, -0.1) is 4.40 Å². The average molecular weight is 364 g/mol. The summed E-state index contributed by atoms with van der Waals surface area (Å²) in [4.78, 5) is -0.776. The first kappa shape index (κ1) is 17.4. The summed E-state index contributed by atoms with van der Waals surface area (Å²) in [6.45, 7) is 0. The maximum Gasteiger partial charge on any atom is 0.419 e. The molecule has 0 atom stereocenters. The molecule has 0 saturated heterocycles. The van der Waals surface area contributed by atoms with Crippen molar-refractivity contribution < 1.29 is 37.6 Å². The van der Waals surface area contributed by atoms with Crippen molar-refractivity contribution in [1.29, 1.82) is 0 Å². The molecule has 0 saturated carbocycles. The van der Waals surface area contributed by atoms with Crippen LogP contribution in [0, 0.1) is 0 Å². The fourth-order valence-corrected chi connectivity index (χ4v) is 2.51. The Morgan fingerprint density at radius 2 is 1.67 bits per heavy atom. The van der Waals surface area contributed by atoms with E-state index in [0.717, 1.165) is 22.9 Å². The number of nitrogens with one attached hydrogen (secondary N) is 1. The molecule has 118 valence electrons. The number of amidine groups is 1. The van der Waals surface area contributed by atoms with E-state index < -0.39 is 47.2 Å². The molecule has 0 fully saturated rings. The molecule has 1 aromatic carbocycles. The van der Waals surface area contributed by atoms with Gasteiger partial charge in [-0.2, -0.15) is 25.3 Å². The lowest BCUT2D eigenvalue weighted by atomic mass is 10.2. The van der Waals surface area contributed by atoms with Crippen molar-refractivity contribution in [2.75, 3.05) is 0 Å². The predicted octanol–water partition coefficient (Wildman–Crippen LogP) is -0.302. The molecule has 0 heterocycles. The molecule has 9 nitrogen and oxygen atoms in total. The molecular formula is C7H6F2N2O7S3. The van der Waals surface area contributed by atoms with Crippen LogP contribution in [0.4, 0.5) is 7.77 Å². The third kappa shape index (κ3) is 6.11. The van der Waals surface area contributed by atoms with Crippen molar-refractivity contribution >= 4 is 36.8 Å². The van der Waals surface area contributed by atoms with Gasteiger partial charge in [-0.25, -0.2) is 4.72 Å². The van der Waals surface area contributed by atoms with E-state index in [2.05, 4.69) is 4.40 Å². The summed E-state index contributed by atoms with van der Waals surface area (Å²) in [6, 6.07) is 3.27. The number of nitrogens with zero attached hydrogens (tertiary/aromatic N) is 1. The lowest BCUT2D eigenvalue weighted by Crippen LogP contribution is -2.29. The largest absolute Gasteiger partial charge is 0.419 e. The van der Waals surface area contributed by atoms with Gasteiger partial charge in [0.15, 0.2) is 5.84 Å². The van der Waals surface area contributed by atoms with E-state index in [1.807, 2.05) is 0 Å². The van der Waals surface area contributed by atoms with Gasteiger partial charge in [-0.1, -0.05) is 19.9 Å². The van der Waals surface area contributed by atoms with Crippen LogP contribution in [0.3, 0.4) is 0 Å². The number of rotatable bonds is 4. The Kier molecular flexibility index (Phi) is 4.66. The summed E-state index contributed by atoms with van der Waals surface area (Å²) >= 11 is 0. The van der Waals surface area contributed by atoms with E-state index in [0.29, 0.717) is 6.07 Å². The highest BCUT2D eigenvalue weighted by Gasteiger charge is 2.19. The Bertz CT molecular complexity index is 890. The molecule has 0 unspecified atom stereocenters. The van der Waals surface area contributed by atoms with Crippen molar-refractivity contribution in [1.82, 2.24) is 4.72 Å². The van der Waals surface area contributed by atoms with Gasteiger partial charge in [0, 0.05) is 5.56 Å². The van der Waals surface area contributed by atoms with Crippen molar-refractivity contribution in [3.05, 3.63) is 29.8 Å². The highest BCUT2D eigenvalue weighted by atomic mass is 32.3. The molecule has 0 aliphatic rings. The van der Waals surface area contributed by atoms with Gasteiger partial charge in [0.05, 0.1) is 4.90 Å². The maximum atomic E-state index is 12.5. The highest BCUT2D eigenvalue weighted by Crippen LogP contribution is 2.13. The van der Waals surface area contributed by atoms with Crippen molar-refractivity contribution in [2.45, 2.75) is 4.90 Å². The van der Waals surface area contributed by atoms with E-state index in [-0.39, 0.29) is 0 Å². The second-order valence-corrected chi connectivity index (χ2v) is 6.90. The van der Waals surface area contributed by atoms with Crippen LogP contribution in [0.5, 0.6) is 0 Å². The van der Waals surface area contributed by atoms with Crippen LogP contribution in [0.15, 0.2) is 33.6 Å². The van der Waals surface area contributed by atoms with Gasteiger partial charge in [0.2, 0.25) is 0 Å². The summed E-state index contributed by atoms with van der Waals surface area (Å²) in [5.41, 5.74) is -0.618. The molecule has 21 heavy (non-hydrogen) atoms. The van der Waals surface area contributed by atoms with Gasteiger partial charge in [-0.05, 0) is 12.1 Å². The average Bonchev–Trinajstić information content (AvgIpc) is 2.23. The van der Waals surface area contributed by atoms with Gasteiger partial charge < -0.3 is 0 Å². The topological polar surface area (TPSA) is 147 Å². The monoisotopic (exact) mass is 364 g/mol. The molecule has 2 N–H and O–H groups in total. The quantitative estimate of drug-likeness (QED) is 0.322. The van der Waals surface area contributed by atoms with Crippen molar-refractivity contribution in [3.63, 3.8) is 0 Å². The van der Waals surface area contributed by atoms with Gasteiger partial charge in [-0.3, -0.25) is 4.55 Å². The second kappa shape index (κ2) is 5.63. The molecule has 1 aromatic rings. The zero-order valence-corrected chi connectivity index (χ0v) is 12.1. The minimum atomic E-state index is -5.61. The summed E-state index contributed by atoms with van der Waals surface area (Å²) in [5, 5.41) is 0. The lowest BCUT2D eigenvalue weighted by Gasteiger charge is -2.06. The minimum absolute atomic E-state index is 0.553. The third-order valence-electron chi connectivity index (χ3n) is 1.82. The first-order chi connectivity index (χ1) is 9.28. The van der Waals surface area contributed by atoms with E-state index in [4.69, 9.17) is 4.55 Å². The molecule has 0 aliphatic heterocycles. The van der Waals surface area contributed by atoms with Crippen molar-refractivity contribution in [2.24, 2.45) is 4.40 Å². The van der Waals surface area contributed by atoms with Crippen LogP contribution in [-0.2, 0) is 30.9 Å². The summed E-state index contributed by atoms with van der Waals surface area (Å²) in [7, 11) is -15.8. The molecular weight excluding hydrogens is 358 g/mol. The smallest absolute Gasteiger partial charge is 0.282 e. The Hall–Kier alpha value is -1.64. The zero-order chi connectivity index (χ0) is 16.5. The van der Waals surface area contributed by atoms with E-state index in [1.165, 1.54) is 0 Å². The van der Waals surface area contributed by atoms with Gasteiger partial charge >= 0.3 is 20.8 Å². The Labute approximate surface area is 118 Å². The highest BCUT2D eigenvalue weighted by molar-refractivity contribution is 7.86. The number of halogens is 2. The SMILES string of the molecule is O=S(=O)(F)/N=C(/NS(=O)(=O)F)c1cccc(S(=O)(=O)O)c1. The van der Waals surface area contributed by atoms with Gasteiger partial charge in [0.25, 0.3) is 10.1 Å². The molecule has 0 bridgehead atoms. The van der Waals surface area contributed by atoms with Gasteiger partial charge in [0.1, 0.15) is 0 Å². The number of hydrogen-bond acceptors (Lipinski definition) is 6. The zero-order valence-electron chi connectivity index (χ0n) is 9.63. The van der Waals surface area contributed by atoms with E-state index in [9.17, 15) is 33.0 Å². The normalized spacial score (nSPS) is 14.0. The Balaban J connectivity index is 3.52. The lowest BCUT2D eigenvalue weighted by molar-refractivity contribution is 0.483. The molecule has 0 aliphatic carbocycles. The van der Waals surface area contributed by atoms with Crippen LogP contribution in [0.2, 0.25) is 0 Å². The first-order valence-corrected chi connectivity index (χ1v) is 8.79. The first-order valence-electron chi connectivity index (χ1n) is 4.63. The molecule has 0 spiro atoms. The summed E-state index contributed by atoms with van der Waals surface area (Å²) in [5.74, 6) is -1.33. The fourth-order valence-electron chi connectivity index (χ4n) is 1.16. The van der Waals surface area contributed by atoms with Crippen LogP contribution in [0.25, 0.3) is 0 Å². The molecule has 14 heteroatoms. The summed E-state index contributed by atoms with van der Waals surface area (Å²) in [6.07, 6.45) is 0. The molecule has 0 aromatic heterocycles. The minimum Gasteiger partial charge on any atom is -0.282 e. The Morgan fingerprint density at radius 1 is 1.10 bits per heavy atom. The maximum absolute atomic E-state index is 12.5. The van der Waals surface area contributed by atoms with Crippen LogP contribution >= 0.6 is 0 Å². The second-order valence-electron chi connectivity index (χ2n) is 3.39. The van der Waals surface area contributed by atoms with E-state index >= 15 is 0 Å². The number of hydrogen-bond donors (Lipinski definition) is 2. The molecule has 1 rings (SSSR count). The fraction of sp³-hybridized carbons (Fsp3) is 0. The Morgan fingerprint density at radius 3 is 2.10 bits per heavy atom. The molecule has 0 amide bonds. The predicted molar refractivity (Wildman–Crippen MR) is 66.0 cm³/mol. The van der Waals surface area contributed by atoms with E-state index in [1.54, 1.807) is 0 Å². The van der Waals surface area contributed by atoms with Crippen molar-refractivity contribution in [3.8, 4) is 0 Å². The summed E-state index contributed by atoms with van der Waals surface area (Å²) < 4.78 is 101. The molecule has 0 radical (unpaired) electrons. The number of benzene rings is 1. The van der Waals surface area contributed by atoms with Crippen LogP contribution in [0.1, 0.15) is 5.56 Å². The third-order valence-corrected chi connectivity index (χ3v) is 3.51.